The van der Waals surface area contributed by atoms with Gasteiger partial charge in [0.05, 0.1) is 12.2 Å². The van der Waals surface area contributed by atoms with Crippen LogP contribution in [0.15, 0.2) is 0 Å². The number of hydroxylamine groups is 2. The molecule has 1 saturated heterocycles. The molecule has 0 bridgehead atoms. The Hall–Kier alpha value is -0.120. The van der Waals surface area contributed by atoms with Crippen molar-refractivity contribution in [2.45, 2.75) is 78.0 Å². The molecule has 1 fully saturated rings. The lowest BCUT2D eigenvalue weighted by atomic mass is 9.76. The van der Waals surface area contributed by atoms with Gasteiger partial charge in [-0.1, -0.05) is 6.92 Å². The number of hydrogen-bond donors (Lipinski definition) is 1. The molecule has 0 amide bonds. The molecular weight excluding hydrogens is 214 g/mol. The lowest BCUT2D eigenvalue weighted by Gasteiger charge is -2.53. The molecule has 1 N–H and O–H groups in total. The Morgan fingerprint density at radius 3 is 1.94 bits per heavy atom. The van der Waals surface area contributed by atoms with Gasteiger partial charge in [-0.2, -0.15) is 5.06 Å². The molecule has 1 aliphatic heterocycles. The van der Waals surface area contributed by atoms with Crippen molar-refractivity contribution in [3.63, 3.8) is 0 Å². The first kappa shape index (κ1) is 14.9. The van der Waals surface area contributed by atoms with Gasteiger partial charge in [-0.15, -0.1) is 0 Å². The summed E-state index contributed by atoms with van der Waals surface area (Å²) in [7, 11) is 0. The van der Waals surface area contributed by atoms with Crippen LogP contribution in [0.5, 0.6) is 0 Å². The lowest BCUT2D eigenvalue weighted by molar-refractivity contribution is -0.301. The summed E-state index contributed by atoms with van der Waals surface area (Å²) in [4.78, 5) is 5.91. The molecule has 0 spiro atoms. The highest BCUT2D eigenvalue weighted by Crippen LogP contribution is 2.41. The van der Waals surface area contributed by atoms with Gasteiger partial charge < -0.3 is 5.11 Å². The SMILES string of the molecule is CC1CC(C)(C)N(OCC(C)(C)O)C(C)(C)C1. The van der Waals surface area contributed by atoms with E-state index >= 15 is 0 Å². The molecule has 102 valence electrons. The zero-order chi connectivity index (χ0) is 13.5. The number of piperidine rings is 1. The molecule has 0 atom stereocenters. The normalized spacial score (nSPS) is 26.1. The molecule has 0 saturated carbocycles. The second-order valence-electron chi connectivity index (χ2n) is 7.52. The van der Waals surface area contributed by atoms with Crippen LogP contribution in [-0.2, 0) is 4.84 Å². The maximum Gasteiger partial charge on any atom is 0.0967 e. The summed E-state index contributed by atoms with van der Waals surface area (Å²) in [6.45, 7) is 15.1. The zero-order valence-electron chi connectivity index (χ0n) is 12.5. The molecule has 0 aromatic rings. The zero-order valence-corrected chi connectivity index (χ0v) is 12.5. The van der Waals surface area contributed by atoms with Crippen molar-refractivity contribution >= 4 is 0 Å². The van der Waals surface area contributed by atoms with Crippen LogP contribution in [0, 0.1) is 5.92 Å². The van der Waals surface area contributed by atoms with Crippen molar-refractivity contribution in [1.82, 2.24) is 5.06 Å². The van der Waals surface area contributed by atoms with E-state index < -0.39 is 5.60 Å². The summed E-state index contributed by atoms with van der Waals surface area (Å²) in [5.74, 6) is 0.710. The van der Waals surface area contributed by atoms with E-state index in [1.165, 1.54) is 0 Å². The summed E-state index contributed by atoms with van der Waals surface area (Å²) in [5.41, 5.74) is -0.742. The molecule has 3 heteroatoms. The van der Waals surface area contributed by atoms with E-state index in [4.69, 9.17) is 4.84 Å². The number of rotatable bonds is 3. The average Bonchev–Trinajstić information content (AvgIpc) is 1.94. The van der Waals surface area contributed by atoms with Crippen LogP contribution in [0.3, 0.4) is 0 Å². The van der Waals surface area contributed by atoms with Crippen LogP contribution in [0.4, 0.5) is 0 Å². The highest BCUT2D eigenvalue weighted by Gasteiger charge is 2.45. The fraction of sp³-hybridized carbons (Fsp3) is 1.00. The topological polar surface area (TPSA) is 32.7 Å². The Labute approximate surface area is 106 Å². The first-order valence-electron chi connectivity index (χ1n) is 6.60. The average molecular weight is 243 g/mol. The second-order valence-corrected chi connectivity index (χ2v) is 7.52. The van der Waals surface area contributed by atoms with Crippen molar-refractivity contribution in [2.75, 3.05) is 6.61 Å². The quantitative estimate of drug-likeness (QED) is 0.827. The molecule has 0 aromatic heterocycles. The first-order chi connectivity index (χ1) is 7.44. The van der Waals surface area contributed by atoms with Gasteiger partial charge in [0.25, 0.3) is 0 Å². The third kappa shape index (κ3) is 3.94. The van der Waals surface area contributed by atoms with E-state index in [-0.39, 0.29) is 11.1 Å². The molecule has 0 aliphatic carbocycles. The van der Waals surface area contributed by atoms with Crippen LogP contribution in [0.1, 0.15) is 61.3 Å². The van der Waals surface area contributed by atoms with Crippen LogP contribution in [-0.4, -0.2) is 33.5 Å². The minimum absolute atomic E-state index is 0.0203. The highest BCUT2D eigenvalue weighted by atomic mass is 16.7. The Bertz CT molecular complexity index is 248. The third-order valence-electron chi connectivity index (χ3n) is 3.34. The van der Waals surface area contributed by atoms with Gasteiger partial charge in [0, 0.05) is 11.1 Å². The van der Waals surface area contributed by atoms with Gasteiger partial charge in [-0.3, -0.25) is 4.84 Å². The van der Waals surface area contributed by atoms with Gasteiger partial charge in [0.1, 0.15) is 0 Å². The second kappa shape index (κ2) is 4.52. The first-order valence-corrected chi connectivity index (χ1v) is 6.60. The number of hydrogen-bond acceptors (Lipinski definition) is 3. The third-order valence-corrected chi connectivity index (χ3v) is 3.34. The maximum atomic E-state index is 9.79. The number of aliphatic hydroxyl groups is 1. The summed E-state index contributed by atoms with van der Waals surface area (Å²) in [6, 6.07) is 0. The van der Waals surface area contributed by atoms with Gasteiger partial charge >= 0.3 is 0 Å². The molecule has 3 nitrogen and oxygen atoms in total. The van der Waals surface area contributed by atoms with Crippen LogP contribution in [0.2, 0.25) is 0 Å². The van der Waals surface area contributed by atoms with Gasteiger partial charge in [0.2, 0.25) is 0 Å². The Kier molecular flexibility index (Phi) is 3.98. The summed E-state index contributed by atoms with van der Waals surface area (Å²) >= 11 is 0. The predicted molar refractivity (Wildman–Crippen MR) is 70.6 cm³/mol. The van der Waals surface area contributed by atoms with E-state index in [2.05, 4.69) is 39.7 Å². The minimum atomic E-state index is -0.783. The van der Waals surface area contributed by atoms with E-state index in [1.807, 2.05) is 0 Å². The molecular formula is C14H29NO2. The fourth-order valence-corrected chi connectivity index (χ4v) is 3.33. The molecule has 1 rings (SSSR count). The molecule has 17 heavy (non-hydrogen) atoms. The van der Waals surface area contributed by atoms with Crippen molar-refractivity contribution < 1.29 is 9.94 Å². The molecule has 1 heterocycles. The largest absolute Gasteiger partial charge is 0.388 e. The van der Waals surface area contributed by atoms with E-state index in [9.17, 15) is 5.11 Å². The lowest BCUT2D eigenvalue weighted by Crippen LogP contribution is -2.60. The van der Waals surface area contributed by atoms with Crippen LogP contribution < -0.4 is 0 Å². The summed E-state index contributed by atoms with van der Waals surface area (Å²) in [5, 5.41) is 11.9. The minimum Gasteiger partial charge on any atom is -0.388 e. The molecule has 1 aliphatic rings. The Balaban J connectivity index is 2.79. The van der Waals surface area contributed by atoms with Crippen molar-refractivity contribution in [1.29, 1.82) is 0 Å². The highest BCUT2D eigenvalue weighted by molar-refractivity contribution is 4.95. The van der Waals surface area contributed by atoms with E-state index in [0.717, 1.165) is 12.8 Å². The van der Waals surface area contributed by atoms with Crippen LogP contribution in [0.25, 0.3) is 0 Å². The predicted octanol–water partition coefficient (Wildman–Crippen LogP) is 2.98. The van der Waals surface area contributed by atoms with Crippen molar-refractivity contribution in [3.8, 4) is 0 Å². The molecule has 0 radical (unpaired) electrons. The van der Waals surface area contributed by atoms with Crippen molar-refractivity contribution in [3.05, 3.63) is 0 Å². The Morgan fingerprint density at radius 1 is 1.18 bits per heavy atom. The van der Waals surface area contributed by atoms with Gasteiger partial charge in [-0.25, -0.2) is 0 Å². The fourth-order valence-electron chi connectivity index (χ4n) is 3.33. The summed E-state index contributed by atoms with van der Waals surface area (Å²) in [6.07, 6.45) is 2.25. The van der Waals surface area contributed by atoms with Crippen LogP contribution >= 0.6 is 0 Å². The summed E-state index contributed by atoms with van der Waals surface area (Å²) < 4.78 is 0. The maximum absolute atomic E-state index is 9.79. The smallest absolute Gasteiger partial charge is 0.0967 e. The number of nitrogens with zero attached hydrogens (tertiary/aromatic N) is 1. The standard InChI is InChI=1S/C14H29NO2/c1-11-8-12(2,3)15(13(4,5)9-11)17-10-14(6,7)16/h11,16H,8-10H2,1-7H3. The molecule has 0 aromatic carbocycles. The van der Waals surface area contributed by atoms with E-state index in [1.54, 1.807) is 13.8 Å². The van der Waals surface area contributed by atoms with Gasteiger partial charge in [-0.05, 0) is 60.3 Å². The van der Waals surface area contributed by atoms with E-state index in [0.29, 0.717) is 12.5 Å². The monoisotopic (exact) mass is 243 g/mol. The molecule has 0 unspecified atom stereocenters. The Morgan fingerprint density at radius 2 is 1.59 bits per heavy atom. The van der Waals surface area contributed by atoms with Crippen molar-refractivity contribution in [2.24, 2.45) is 5.92 Å². The van der Waals surface area contributed by atoms with Gasteiger partial charge in [0.15, 0.2) is 0 Å².